The van der Waals surface area contributed by atoms with Crippen LogP contribution in [0.1, 0.15) is 121 Å². The third-order valence-electron chi connectivity index (χ3n) is 12.6. The van der Waals surface area contributed by atoms with E-state index in [1.54, 1.807) is 0 Å². The number of alkyl halides is 3. The second kappa shape index (κ2) is 24.4. The normalized spacial score (nSPS) is 17.7. The fourth-order valence-corrected chi connectivity index (χ4v) is 10.2. The summed E-state index contributed by atoms with van der Waals surface area (Å²) in [4.78, 5) is 0. The zero-order chi connectivity index (χ0) is 41.9. The fourth-order valence-electron chi connectivity index (χ4n) is 8.58. The van der Waals surface area contributed by atoms with Gasteiger partial charge in [-0.05, 0) is 58.8 Å². The molecule has 7 heteroatoms. The van der Waals surface area contributed by atoms with Crippen LogP contribution in [0.15, 0.2) is 108 Å². The smallest absolute Gasteiger partial charge is 1.00 e. The molecular weight excluding hydrogens is 896 g/mol. The van der Waals surface area contributed by atoms with E-state index in [0.29, 0.717) is 17.9 Å². The van der Waals surface area contributed by atoms with Crippen molar-refractivity contribution in [1.29, 1.82) is 0 Å². The number of hydrogen-bond acceptors (Lipinski definition) is 0. The molecule has 8 rings (SSSR count). The molecule has 0 saturated heterocycles. The minimum Gasteiger partial charge on any atom is -1.00 e. The summed E-state index contributed by atoms with van der Waals surface area (Å²) in [6.45, 7) is 11.0. The Hall–Kier alpha value is -2.69. The molecule has 0 aliphatic heterocycles. The second-order valence-corrected chi connectivity index (χ2v) is 25.5. The monoisotopic (exact) mass is 954 g/mol. The van der Waals surface area contributed by atoms with Gasteiger partial charge in [0.2, 0.25) is 0 Å². The molecule has 2 fully saturated rings. The van der Waals surface area contributed by atoms with Gasteiger partial charge in [-0.25, -0.2) is 0 Å². The van der Waals surface area contributed by atoms with E-state index in [1.807, 2.05) is 6.55 Å². The molecule has 0 nitrogen and oxygen atoms in total. The van der Waals surface area contributed by atoms with Gasteiger partial charge >= 0.3 is 67.1 Å². The zero-order valence-corrected chi connectivity index (χ0v) is 41.5. The number of rotatable bonds is 10. The third-order valence-corrected chi connectivity index (χ3v) is 15.4. The van der Waals surface area contributed by atoms with Crippen molar-refractivity contribution in [1.82, 2.24) is 0 Å². The van der Waals surface area contributed by atoms with Crippen molar-refractivity contribution in [2.45, 2.75) is 129 Å². The van der Waals surface area contributed by atoms with Crippen LogP contribution in [0, 0.1) is 11.8 Å². The minimum absolute atomic E-state index is 0. The average molecular weight is 957 g/mol. The van der Waals surface area contributed by atoms with Crippen molar-refractivity contribution in [3.8, 4) is 22.3 Å². The van der Waals surface area contributed by atoms with Crippen molar-refractivity contribution in [2.75, 3.05) is 0 Å². The van der Waals surface area contributed by atoms with Crippen molar-refractivity contribution in [3.63, 3.8) is 0 Å². The van der Waals surface area contributed by atoms with Crippen LogP contribution in [-0.4, -0.2) is 11.6 Å². The largest absolute Gasteiger partial charge is 1.00 e. The van der Waals surface area contributed by atoms with Gasteiger partial charge in [0.15, 0.2) is 0 Å². The van der Waals surface area contributed by atoms with E-state index in [2.05, 4.69) is 149 Å². The third kappa shape index (κ3) is 14.7. The van der Waals surface area contributed by atoms with Crippen molar-refractivity contribution in [2.24, 2.45) is 11.8 Å². The molecule has 322 valence electrons. The molecule has 4 aliphatic carbocycles. The number of halogens is 5. The predicted octanol–water partition coefficient (Wildman–Crippen LogP) is 6.99. The standard InChI is InChI=1S/2C25H27.C4H7F3Si.2ClH.Zr/c2*1-3-18(2)21-11-13-22(14-12-21)24-10-6-9-23-16-20(17-25(23)24)15-19-7-4-5-8-19;1-8-3-2-4(5,6)7;;;/h2*6,9-15,17-19H,3-5,7-8H2,1-2H3;2-3H2,1H3;2*1H;/q2*-1;;;;+2/p-2. The van der Waals surface area contributed by atoms with Crippen LogP contribution in [0.5, 0.6) is 0 Å². The summed E-state index contributed by atoms with van der Waals surface area (Å²) < 4.78 is 34.3. The summed E-state index contributed by atoms with van der Waals surface area (Å²) in [5.74, 6) is 2.77. The van der Waals surface area contributed by atoms with Gasteiger partial charge in [0.25, 0.3) is 0 Å². The van der Waals surface area contributed by atoms with Gasteiger partial charge < -0.3 is 24.8 Å². The van der Waals surface area contributed by atoms with Crippen LogP contribution in [0.4, 0.5) is 13.2 Å². The molecule has 2 saturated carbocycles. The molecule has 2 atom stereocenters. The Morgan fingerprint density at radius 2 is 1.02 bits per heavy atom. The summed E-state index contributed by atoms with van der Waals surface area (Å²) in [6.07, 6.45) is 25.6. The fraction of sp³-hybridized carbons (Fsp3) is 0.407. The van der Waals surface area contributed by atoms with Gasteiger partial charge in [-0.1, -0.05) is 163 Å². The Morgan fingerprint density at radius 3 is 1.33 bits per heavy atom. The van der Waals surface area contributed by atoms with Gasteiger partial charge in [-0.3, -0.25) is 0 Å². The Kier molecular flexibility index (Phi) is 20.4. The Balaban J connectivity index is 0.000000219. The van der Waals surface area contributed by atoms with Crippen molar-refractivity contribution >= 4 is 29.7 Å². The maximum Gasteiger partial charge on any atom is -1.00 e. The summed E-state index contributed by atoms with van der Waals surface area (Å²) in [7, 11) is 0. The molecule has 61 heavy (non-hydrogen) atoms. The number of fused-ring (bicyclic) bond motifs is 2. The maximum absolute atomic E-state index is 11.4. The van der Waals surface area contributed by atoms with E-state index < -0.39 is 18.0 Å². The summed E-state index contributed by atoms with van der Waals surface area (Å²) >= 11 is 1.29. The van der Waals surface area contributed by atoms with Crippen LogP contribution in [-0.2, 0) is 23.3 Å². The maximum atomic E-state index is 11.4. The number of allylic oxidation sites excluding steroid dienone is 4. The van der Waals surface area contributed by atoms with Crippen LogP contribution in [0.2, 0.25) is 12.6 Å². The summed E-state index contributed by atoms with van der Waals surface area (Å²) in [6, 6.07) is 31.9. The Bertz CT molecular complexity index is 2210. The van der Waals surface area contributed by atoms with E-state index in [4.69, 9.17) is 0 Å². The molecule has 0 radical (unpaired) electrons. The van der Waals surface area contributed by atoms with Crippen LogP contribution < -0.4 is 45.7 Å². The van der Waals surface area contributed by atoms with E-state index in [1.165, 1.54) is 153 Å². The van der Waals surface area contributed by atoms with Gasteiger partial charge in [0, 0.05) is 0 Å². The summed E-state index contributed by atoms with van der Waals surface area (Å²) in [5, 5.41) is 5.16. The molecule has 0 amide bonds. The molecule has 0 N–H and O–H groups in total. The van der Waals surface area contributed by atoms with Gasteiger partial charge in [0.1, 0.15) is 0 Å². The molecule has 2 unspecified atom stereocenters. The molecule has 0 spiro atoms. The van der Waals surface area contributed by atoms with E-state index in [9.17, 15) is 13.2 Å². The second-order valence-electron chi connectivity index (χ2n) is 17.2. The average Bonchev–Trinajstić information content (AvgIpc) is 4.08. The Morgan fingerprint density at radius 1 is 0.639 bits per heavy atom. The van der Waals surface area contributed by atoms with Crippen LogP contribution >= 0.6 is 0 Å². The zero-order valence-electron chi connectivity index (χ0n) is 36.6. The van der Waals surface area contributed by atoms with Gasteiger partial charge in [0.05, 0.1) is 0 Å². The molecule has 4 aliphatic rings. The van der Waals surface area contributed by atoms with E-state index in [0.717, 1.165) is 11.8 Å². The topological polar surface area (TPSA) is 0 Å². The van der Waals surface area contributed by atoms with Gasteiger partial charge in [-0.2, -0.15) is 0 Å². The molecule has 4 aromatic rings. The summed E-state index contributed by atoms with van der Waals surface area (Å²) in [5.41, 5.74) is 10.1. The van der Waals surface area contributed by atoms with Crippen LogP contribution in [0.25, 0.3) is 46.6 Å². The Labute approximate surface area is 391 Å². The van der Waals surface area contributed by atoms with Crippen molar-refractivity contribution in [3.05, 3.63) is 140 Å². The van der Waals surface area contributed by atoms with E-state index in [-0.39, 0.29) is 24.8 Å². The molecule has 4 aromatic carbocycles. The van der Waals surface area contributed by atoms with Crippen LogP contribution in [0.3, 0.4) is 0 Å². The first-order chi connectivity index (χ1) is 28.4. The molecular formula is C54H61Cl2F3SiZr-2. The van der Waals surface area contributed by atoms with Gasteiger partial charge in [-0.15, -0.1) is 80.6 Å². The molecule has 0 aromatic heterocycles. The quantitative estimate of drug-likeness (QED) is 0.119. The minimum atomic E-state index is -3.93. The SMILES string of the molecule is CCC(C)c1ccc(-c2cccc3c2=CC(=CC2CCCC2)[C-]=3)cc1.CCC(C)c1ccc(-c2cccc3c2=CC(=CC2CCCC2)[C-]=3)cc1.C[Si](=[Zr+2])CCC(F)(F)F.[Cl-].[Cl-]. The number of hydrogen-bond donors (Lipinski definition) is 0. The first kappa shape index (κ1) is 50.9. The molecule has 0 bridgehead atoms. The van der Waals surface area contributed by atoms with E-state index >= 15 is 0 Å². The molecule has 0 heterocycles. The first-order valence-electron chi connectivity index (χ1n) is 22.1. The van der Waals surface area contributed by atoms with Crippen molar-refractivity contribution < 1.29 is 61.3 Å². The predicted molar refractivity (Wildman–Crippen MR) is 243 cm³/mol. The first-order valence-corrected chi connectivity index (χ1v) is 28.0. The number of benzene rings is 4.